The summed E-state index contributed by atoms with van der Waals surface area (Å²) in [5.74, 6) is 0. The molecule has 1 aliphatic rings. The lowest BCUT2D eigenvalue weighted by molar-refractivity contribution is 0.984. The number of allylic oxidation sites excluding steroid dienone is 2. The van der Waals surface area contributed by atoms with Gasteiger partial charge in [-0.2, -0.15) is 0 Å². The van der Waals surface area contributed by atoms with E-state index in [9.17, 15) is 0 Å². The van der Waals surface area contributed by atoms with E-state index in [1.165, 1.54) is 16.7 Å². The van der Waals surface area contributed by atoms with Crippen molar-refractivity contribution < 1.29 is 0 Å². The smallest absolute Gasteiger partial charge is 0.0401 e. The Morgan fingerprint density at radius 3 is 2.77 bits per heavy atom. The van der Waals surface area contributed by atoms with Crippen molar-refractivity contribution in [1.29, 1.82) is 0 Å². The predicted octanol–water partition coefficient (Wildman–Crippen LogP) is 2.50. The molecule has 1 aromatic rings. The number of benzene rings is 1. The second-order valence-electron chi connectivity index (χ2n) is 3.25. The normalized spacial score (nSPS) is 15.0. The minimum absolute atomic E-state index is 0.932. The standard InChI is InChI=1S/C12H13N/c1-10-5-2-3-7-12(10)11-6-4-8-13-9-11/h2-8,13H,9H2,1H3. The molecule has 1 heterocycles. The first-order valence-electron chi connectivity index (χ1n) is 4.53. The molecule has 2 rings (SSSR count). The topological polar surface area (TPSA) is 12.0 Å². The molecule has 0 amide bonds. The summed E-state index contributed by atoms with van der Waals surface area (Å²) in [7, 11) is 0. The lowest BCUT2D eigenvalue weighted by Gasteiger charge is -2.12. The molecule has 1 heteroatoms. The molecule has 0 saturated carbocycles. The van der Waals surface area contributed by atoms with E-state index in [2.05, 4.69) is 42.6 Å². The third kappa shape index (κ3) is 1.64. The summed E-state index contributed by atoms with van der Waals surface area (Å²) in [6, 6.07) is 8.48. The van der Waals surface area contributed by atoms with E-state index < -0.39 is 0 Å². The van der Waals surface area contributed by atoms with Gasteiger partial charge in [0, 0.05) is 6.54 Å². The van der Waals surface area contributed by atoms with E-state index in [0.29, 0.717) is 0 Å². The van der Waals surface area contributed by atoms with Gasteiger partial charge >= 0.3 is 0 Å². The molecule has 0 atom stereocenters. The Kier molecular flexibility index (Phi) is 2.17. The largest absolute Gasteiger partial charge is 0.387 e. The molecule has 0 radical (unpaired) electrons. The first-order valence-corrected chi connectivity index (χ1v) is 4.53. The average molecular weight is 171 g/mol. The molecule has 1 N–H and O–H groups in total. The number of hydrogen-bond acceptors (Lipinski definition) is 1. The number of aryl methyl sites for hydroxylation is 1. The van der Waals surface area contributed by atoms with Gasteiger partial charge in [-0.15, -0.1) is 0 Å². The third-order valence-electron chi connectivity index (χ3n) is 2.30. The van der Waals surface area contributed by atoms with Crippen molar-refractivity contribution in [3.05, 3.63) is 53.7 Å². The molecule has 0 aromatic heterocycles. The van der Waals surface area contributed by atoms with E-state index in [1.54, 1.807) is 0 Å². The van der Waals surface area contributed by atoms with Crippen molar-refractivity contribution in [3.63, 3.8) is 0 Å². The van der Waals surface area contributed by atoms with Crippen LogP contribution in [0.5, 0.6) is 0 Å². The van der Waals surface area contributed by atoms with E-state index in [0.717, 1.165) is 6.54 Å². The zero-order valence-electron chi connectivity index (χ0n) is 7.75. The van der Waals surface area contributed by atoms with E-state index in [-0.39, 0.29) is 0 Å². The molecule has 0 unspecified atom stereocenters. The van der Waals surface area contributed by atoms with Gasteiger partial charge in [0.25, 0.3) is 0 Å². The van der Waals surface area contributed by atoms with Crippen LogP contribution in [0, 0.1) is 6.92 Å². The molecule has 0 fully saturated rings. The molecular weight excluding hydrogens is 158 g/mol. The zero-order chi connectivity index (χ0) is 9.10. The van der Waals surface area contributed by atoms with Crippen LogP contribution < -0.4 is 5.32 Å². The Morgan fingerprint density at radius 1 is 1.23 bits per heavy atom. The number of hydrogen-bond donors (Lipinski definition) is 1. The van der Waals surface area contributed by atoms with E-state index in [4.69, 9.17) is 0 Å². The van der Waals surface area contributed by atoms with Gasteiger partial charge in [-0.1, -0.05) is 30.3 Å². The number of nitrogens with one attached hydrogen (secondary N) is 1. The van der Waals surface area contributed by atoms with E-state index >= 15 is 0 Å². The minimum atomic E-state index is 0.932. The second kappa shape index (κ2) is 3.48. The van der Waals surface area contributed by atoms with Gasteiger partial charge in [-0.05, 0) is 35.9 Å². The first-order chi connectivity index (χ1) is 6.38. The zero-order valence-corrected chi connectivity index (χ0v) is 7.75. The molecule has 1 aliphatic heterocycles. The van der Waals surface area contributed by atoms with Crippen molar-refractivity contribution in [2.24, 2.45) is 0 Å². The monoisotopic (exact) mass is 171 g/mol. The SMILES string of the molecule is Cc1ccccc1C1=CC=CNC1. The molecule has 0 saturated heterocycles. The van der Waals surface area contributed by atoms with Crippen LogP contribution in [-0.4, -0.2) is 6.54 Å². The quantitative estimate of drug-likeness (QED) is 0.684. The fourth-order valence-corrected chi connectivity index (χ4v) is 1.58. The number of dihydropyridines is 1. The van der Waals surface area contributed by atoms with Crippen LogP contribution in [0.4, 0.5) is 0 Å². The Morgan fingerprint density at radius 2 is 2.08 bits per heavy atom. The third-order valence-corrected chi connectivity index (χ3v) is 2.30. The van der Waals surface area contributed by atoms with Gasteiger partial charge in [0.15, 0.2) is 0 Å². The number of rotatable bonds is 1. The van der Waals surface area contributed by atoms with Crippen molar-refractivity contribution in [2.75, 3.05) is 6.54 Å². The van der Waals surface area contributed by atoms with Crippen molar-refractivity contribution in [3.8, 4) is 0 Å². The summed E-state index contributed by atoms with van der Waals surface area (Å²) in [5.41, 5.74) is 4.05. The first kappa shape index (κ1) is 8.11. The maximum atomic E-state index is 3.21. The van der Waals surface area contributed by atoms with Crippen LogP contribution in [0.25, 0.3) is 5.57 Å². The van der Waals surface area contributed by atoms with Crippen molar-refractivity contribution >= 4 is 5.57 Å². The maximum Gasteiger partial charge on any atom is 0.0401 e. The highest BCUT2D eigenvalue weighted by Crippen LogP contribution is 2.19. The summed E-state index contributed by atoms with van der Waals surface area (Å²) < 4.78 is 0. The highest BCUT2D eigenvalue weighted by atomic mass is 14.8. The lowest BCUT2D eigenvalue weighted by Crippen LogP contribution is -2.12. The highest BCUT2D eigenvalue weighted by molar-refractivity contribution is 5.71. The summed E-state index contributed by atoms with van der Waals surface area (Å²) >= 11 is 0. The Hall–Kier alpha value is -1.50. The summed E-state index contributed by atoms with van der Waals surface area (Å²) in [6.45, 7) is 3.08. The van der Waals surface area contributed by atoms with E-state index in [1.807, 2.05) is 12.3 Å². The molecule has 0 bridgehead atoms. The molecule has 13 heavy (non-hydrogen) atoms. The van der Waals surface area contributed by atoms with Gasteiger partial charge in [0.1, 0.15) is 0 Å². The molecular formula is C12H13N. The van der Waals surface area contributed by atoms with Gasteiger partial charge in [-0.25, -0.2) is 0 Å². The highest BCUT2D eigenvalue weighted by Gasteiger charge is 2.03. The van der Waals surface area contributed by atoms with Crippen LogP contribution in [-0.2, 0) is 0 Å². The Balaban J connectivity index is 2.40. The Bertz CT molecular complexity index is 361. The van der Waals surface area contributed by atoms with Crippen molar-refractivity contribution in [1.82, 2.24) is 5.32 Å². The minimum Gasteiger partial charge on any atom is -0.387 e. The van der Waals surface area contributed by atoms with Crippen molar-refractivity contribution in [2.45, 2.75) is 6.92 Å². The van der Waals surface area contributed by atoms with Crippen LogP contribution in [0.2, 0.25) is 0 Å². The summed E-state index contributed by atoms with van der Waals surface area (Å²) in [6.07, 6.45) is 6.19. The van der Waals surface area contributed by atoms with Crippen LogP contribution in [0.15, 0.2) is 42.6 Å². The summed E-state index contributed by atoms with van der Waals surface area (Å²) in [5, 5.41) is 3.21. The van der Waals surface area contributed by atoms with Gasteiger partial charge in [0.05, 0.1) is 0 Å². The maximum absolute atomic E-state index is 3.21. The predicted molar refractivity (Wildman–Crippen MR) is 56.3 cm³/mol. The fourth-order valence-electron chi connectivity index (χ4n) is 1.58. The Labute approximate surface area is 78.8 Å². The molecule has 1 nitrogen and oxygen atoms in total. The van der Waals surface area contributed by atoms with Crippen LogP contribution >= 0.6 is 0 Å². The molecule has 1 aromatic carbocycles. The molecule has 0 spiro atoms. The summed E-state index contributed by atoms with van der Waals surface area (Å²) in [4.78, 5) is 0. The lowest BCUT2D eigenvalue weighted by atomic mass is 9.99. The fraction of sp³-hybridized carbons (Fsp3) is 0.167. The second-order valence-corrected chi connectivity index (χ2v) is 3.25. The van der Waals surface area contributed by atoms with Gasteiger partial charge in [-0.3, -0.25) is 0 Å². The van der Waals surface area contributed by atoms with Gasteiger partial charge in [0.2, 0.25) is 0 Å². The van der Waals surface area contributed by atoms with Crippen LogP contribution in [0.3, 0.4) is 0 Å². The molecule has 66 valence electrons. The van der Waals surface area contributed by atoms with Crippen LogP contribution in [0.1, 0.15) is 11.1 Å². The van der Waals surface area contributed by atoms with Gasteiger partial charge < -0.3 is 5.32 Å². The average Bonchev–Trinajstić information content (AvgIpc) is 2.20. The molecule has 0 aliphatic carbocycles.